The van der Waals surface area contributed by atoms with Gasteiger partial charge in [-0.25, -0.2) is 0 Å². The van der Waals surface area contributed by atoms with Crippen LogP contribution in [0.3, 0.4) is 0 Å². The number of hydrogen-bond acceptors (Lipinski definition) is 4. The molecule has 1 aromatic heterocycles. The number of nitrogens with zero attached hydrogens (tertiary/aromatic N) is 1. The van der Waals surface area contributed by atoms with Gasteiger partial charge in [0.05, 0.1) is 5.56 Å². The molecule has 1 amide bonds. The number of nitrogens with one attached hydrogen (secondary N) is 1. The van der Waals surface area contributed by atoms with Gasteiger partial charge in [0, 0.05) is 34.2 Å². The number of likely N-dealkylation sites (tertiary alicyclic amines) is 1. The highest BCUT2D eigenvalue weighted by molar-refractivity contribution is 6.31. The molecule has 1 atom stereocenters. The Labute approximate surface area is 181 Å². The Hall–Kier alpha value is -2.50. The van der Waals surface area contributed by atoms with E-state index in [0.717, 1.165) is 30.5 Å². The molecule has 0 aliphatic carbocycles. The maximum Gasteiger partial charge on any atom is 0.259 e. The molecule has 5 nitrogen and oxygen atoms in total. The third-order valence-corrected chi connectivity index (χ3v) is 6.57. The van der Waals surface area contributed by atoms with Gasteiger partial charge in [-0.05, 0) is 70.0 Å². The number of carbonyl (C=O) groups is 1. The largest absolute Gasteiger partial charge is 0.508 e. The highest BCUT2D eigenvalue weighted by Gasteiger charge is 2.26. The zero-order valence-corrected chi connectivity index (χ0v) is 18.3. The van der Waals surface area contributed by atoms with Crippen LogP contribution < -0.4 is 5.32 Å². The van der Waals surface area contributed by atoms with Gasteiger partial charge in [-0.15, -0.1) is 0 Å². The number of furan rings is 1. The minimum atomic E-state index is -0.268. The molecule has 158 valence electrons. The topological polar surface area (TPSA) is 65.7 Å². The molecule has 1 aliphatic heterocycles. The number of benzene rings is 2. The number of aryl methyl sites for hydroxylation is 1. The van der Waals surface area contributed by atoms with Gasteiger partial charge in [0.1, 0.15) is 17.1 Å². The predicted molar refractivity (Wildman–Crippen MR) is 120 cm³/mol. The first kappa shape index (κ1) is 20.8. The van der Waals surface area contributed by atoms with Gasteiger partial charge in [-0.1, -0.05) is 24.1 Å². The van der Waals surface area contributed by atoms with Crippen molar-refractivity contribution in [3.63, 3.8) is 0 Å². The number of aromatic hydroxyl groups is 1. The zero-order valence-electron chi connectivity index (χ0n) is 17.6. The average molecular weight is 427 g/mol. The van der Waals surface area contributed by atoms with Crippen molar-refractivity contribution >= 4 is 34.2 Å². The monoisotopic (exact) mass is 426 g/mol. The number of phenolic OH excluding ortho intramolecular Hbond substituents is 1. The van der Waals surface area contributed by atoms with Gasteiger partial charge in [-0.3, -0.25) is 9.69 Å². The standard InChI is InChI=1S/C24H27ClN2O3/c1-14-7-4-5-12-27(14)13-17-20(28)10-11-21-23(17)22(16(3)30-21)24(29)26-19-9-6-8-18(25)15(19)2/h6,8-11,14,28H,4-5,7,12-13H2,1-3H3,(H,26,29). The molecule has 1 saturated heterocycles. The van der Waals surface area contributed by atoms with Gasteiger partial charge in [0.25, 0.3) is 5.91 Å². The molecule has 1 aliphatic rings. The van der Waals surface area contributed by atoms with Gasteiger partial charge in [0.15, 0.2) is 0 Å². The second kappa shape index (κ2) is 8.32. The van der Waals surface area contributed by atoms with E-state index in [1.165, 1.54) is 6.42 Å². The third kappa shape index (κ3) is 3.80. The zero-order chi connectivity index (χ0) is 21.4. The smallest absolute Gasteiger partial charge is 0.259 e. The molecule has 2 aromatic carbocycles. The molecular formula is C24H27ClN2O3. The van der Waals surface area contributed by atoms with Gasteiger partial charge in [0.2, 0.25) is 0 Å². The molecule has 1 unspecified atom stereocenters. The number of hydrogen-bond donors (Lipinski definition) is 2. The second-order valence-corrected chi connectivity index (χ2v) is 8.56. The van der Waals surface area contributed by atoms with E-state index in [1.807, 2.05) is 13.0 Å². The Morgan fingerprint density at radius 2 is 2.07 bits per heavy atom. The fourth-order valence-corrected chi connectivity index (χ4v) is 4.50. The number of carbonyl (C=O) groups excluding carboxylic acids is 1. The van der Waals surface area contributed by atoms with Crippen molar-refractivity contribution in [2.45, 2.75) is 52.6 Å². The van der Waals surface area contributed by atoms with E-state index in [4.69, 9.17) is 16.0 Å². The van der Waals surface area contributed by atoms with Crippen LogP contribution in [-0.2, 0) is 6.54 Å². The van der Waals surface area contributed by atoms with E-state index in [-0.39, 0.29) is 11.7 Å². The number of piperidine rings is 1. The van der Waals surface area contributed by atoms with E-state index < -0.39 is 0 Å². The Morgan fingerprint density at radius 1 is 1.27 bits per heavy atom. The van der Waals surface area contributed by atoms with Crippen LogP contribution in [0.25, 0.3) is 11.0 Å². The second-order valence-electron chi connectivity index (χ2n) is 8.15. The quantitative estimate of drug-likeness (QED) is 0.534. The highest BCUT2D eigenvalue weighted by Crippen LogP contribution is 2.36. The van der Waals surface area contributed by atoms with E-state index >= 15 is 0 Å². The summed E-state index contributed by atoms with van der Waals surface area (Å²) in [6, 6.07) is 9.24. The lowest BCUT2D eigenvalue weighted by molar-refractivity contribution is 0.102. The van der Waals surface area contributed by atoms with E-state index in [0.29, 0.717) is 45.6 Å². The number of halogens is 1. The lowest BCUT2D eigenvalue weighted by Crippen LogP contribution is -2.36. The first-order valence-electron chi connectivity index (χ1n) is 10.4. The summed E-state index contributed by atoms with van der Waals surface area (Å²) in [6.07, 6.45) is 3.51. The van der Waals surface area contributed by atoms with Crippen LogP contribution in [-0.4, -0.2) is 28.5 Å². The number of amides is 1. The summed E-state index contributed by atoms with van der Waals surface area (Å²) < 4.78 is 5.91. The molecular weight excluding hydrogens is 400 g/mol. The molecule has 0 spiro atoms. The summed E-state index contributed by atoms with van der Waals surface area (Å²) >= 11 is 6.21. The van der Waals surface area contributed by atoms with Crippen LogP contribution in [0.5, 0.6) is 5.75 Å². The molecule has 2 N–H and O–H groups in total. The van der Waals surface area contributed by atoms with Crippen LogP contribution in [0.1, 0.15) is 53.4 Å². The first-order valence-corrected chi connectivity index (χ1v) is 10.8. The Balaban J connectivity index is 1.76. The average Bonchev–Trinajstić information content (AvgIpc) is 3.05. The molecule has 0 radical (unpaired) electrons. The normalized spacial score (nSPS) is 17.4. The van der Waals surface area contributed by atoms with Gasteiger partial charge in [-0.2, -0.15) is 0 Å². The molecule has 30 heavy (non-hydrogen) atoms. The summed E-state index contributed by atoms with van der Waals surface area (Å²) in [7, 11) is 0. The number of phenols is 1. The third-order valence-electron chi connectivity index (χ3n) is 6.16. The molecule has 4 rings (SSSR count). The van der Waals surface area contributed by atoms with Gasteiger partial charge >= 0.3 is 0 Å². The van der Waals surface area contributed by atoms with E-state index in [1.54, 1.807) is 31.2 Å². The lowest BCUT2D eigenvalue weighted by Gasteiger charge is -2.33. The van der Waals surface area contributed by atoms with Crippen molar-refractivity contribution in [3.05, 3.63) is 57.8 Å². The maximum atomic E-state index is 13.3. The summed E-state index contributed by atoms with van der Waals surface area (Å²) in [5, 5.41) is 14.9. The van der Waals surface area contributed by atoms with Crippen LogP contribution in [0.4, 0.5) is 5.69 Å². The maximum absolute atomic E-state index is 13.3. The van der Waals surface area contributed by atoms with Crippen LogP contribution in [0.15, 0.2) is 34.7 Å². The number of fused-ring (bicyclic) bond motifs is 1. The summed E-state index contributed by atoms with van der Waals surface area (Å²) in [5.74, 6) is 0.449. The lowest BCUT2D eigenvalue weighted by atomic mass is 9.99. The Bertz CT molecular complexity index is 1110. The first-order chi connectivity index (χ1) is 14.4. The van der Waals surface area contributed by atoms with Crippen molar-refractivity contribution < 1.29 is 14.3 Å². The fraction of sp³-hybridized carbons (Fsp3) is 0.375. The van der Waals surface area contributed by atoms with Crippen molar-refractivity contribution in [3.8, 4) is 5.75 Å². The molecule has 0 bridgehead atoms. The molecule has 3 aromatic rings. The Morgan fingerprint density at radius 3 is 2.83 bits per heavy atom. The summed E-state index contributed by atoms with van der Waals surface area (Å²) in [4.78, 5) is 15.6. The van der Waals surface area contributed by atoms with Crippen molar-refractivity contribution in [2.24, 2.45) is 0 Å². The summed E-state index contributed by atoms with van der Waals surface area (Å²) in [5.41, 5.74) is 3.28. The van der Waals surface area contributed by atoms with E-state index in [9.17, 15) is 9.90 Å². The molecule has 0 saturated carbocycles. The minimum Gasteiger partial charge on any atom is -0.508 e. The van der Waals surface area contributed by atoms with Crippen molar-refractivity contribution in [2.75, 3.05) is 11.9 Å². The van der Waals surface area contributed by atoms with Crippen LogP contribution in [0, 0.1) is 13.8 Å². The van der Waals surface area contributed by atoms with Gasteiger partial charge < -0.3 is 14.8 Å². The molecule has 2 heterocycles. The SMILES string of the molecule is Cc1oc2ccc(O)c(CN3CCCCC3C)c2c1C(=O)Nc1cccc(Cl)c1C. The predicted octanol–water partition coefficient (Wildman–Crippen LogP) is 6.04. The number of anilines is 1. The van der Waals surface area contributed by atoms with Crippen LogP contribution >= 0.6 is 11.6 Å². The highest BCUT2D eigenvalue weighted by atomic mass is 35.5. The number of rotatable bonds is 4. The summed E-state index contributed by atoms with van der Waals surface area (Å²) in [6.45, 7) is 7.43. The molecule has 6 heteroatoms. The molecule has 1 fully saturated rings. The fourth-order valence-electron chi connectivity index (χ4n) is 4.32. The van der Waals surface area contributed by atoms with Crippen LogP contribution in [0.2, 0.25) is 5.02 Å². The van der Waals surface area contributed by atoms with Crippen molar-refractivity contribution in [1.82, 2.24) is 4.90 Å². The Kier molecular flexibility index (Phi) is 5.76. The van der Waals surface area contributed by atoms with Crippen molar-refractivity contribution in [1.29, 1.82) is 0 Å². The van der Waals surface area contributed by atoms with E-state index in [2.05, 4.69) is 17.1 Å². The minimum absolute atomic E-state index is 0.189.